The highest BCUT2D eigenvalue weighted by molar-refractivity contribution is 5.68. The Bertz CT molecular complexity index is 721. The Balaban J connectivity index is 2.03. The number of hydrogen-bond acceptors (Lipinski definition) is 3. The fraction of sp³-hybridized carbons (Fsp3) is 0. The highest BCUT2D eigenvalue weighted by atomic mass is 19.1. The summed E-state index contributed by atoms with van der Waals surface area (Å²) in [6, 6.07) is 15.4. The summed E-state index contributed by atoms with van der Waals surface area (Å²) in [4.78, 5) is 0. The highest BCUT2D eigenvalue weighted by Crippen LogP contribution is 2.28. The van der Waals surface area contributed by atoms with Gasteiger partial charge in [0, 0.05) is 22.9 Å². The Labute approximate surface area is 109 Å². The molecular weight excluding hydrogens is 243 g/mol. The minimum atomic E-state index is -0.324. The highest BCUT2D eigenvalue weighted by Gasteiger charge is 2.11. The van der Waals surface area contributed by atoms with Crippen molar-refractivity contribution in [2.75, 3.05) is 5.73 Å². The molecule has 0 spiro atoms. The number of nitrogen functional groups attached to an aromatic ring is 1. The molecule has 0 bridgehead atoms. The van der Waals surface area contributed by atoms with Gasteiger partial charge in [-0.3, -0.25) is 0 Å². The van der Waals surface area contributed by atoms with Crippen LogP contribution in [0.5, 0.6) is 0 Å². The van der Waals surface area contributed by atoms with E-state index in [4.69, 9.17) is 10.3 Å². The summed E-state index contributed by atoms with van der Waals surface area (Å²) < 4.78 is 18.9. The van der Waals surface area contributed by atoms with Crippen molar-refractivity contribution in [3.63, 3.8) is 0 Å². The zero-order valence-corrected chi connectivity index (χ0v) is 10.0. The standard InChI is InChI=1S/C15H11FN2O/c16-13-7-2-1-6-12(13)14-9-15(19-18-14)10-4-3-5-11(17)8-10/h1-9H,17H2. The smallest absolute Gasteiger partial charge is 0.167 e. The van der Waals surface area contributed by atoms with Crippen LogP contribution in [0, 0.1) is 5.82 Å². The average molecular weight is 254 g/mol. The largest absolute Gasteiger partial charge is 0.399 e. The van der Waals surface area contributed by atoms with Gasteiger partial charge >= 0.3 is 0 Å². The van der Waals surface area contributed by atoms with Crippen LogP contribution in [0.3, 0.4) is 0 Å². The maximum Gasteiger partial charge on any atom is 0.167 e. The van der Waals surface area contributed by atoms with Crippen molar-refractivity contribution in [3.05, 3.63) is 60.4 Å². The van der Waals surface area contributed by atoms with Crippen molar-refractivity contribution in [1.82, 2.24) is 5.16 Å². The van der Waals surface area contributed by atoms with Crippen LogP contribution in [0.25, 0.3) is 22.6 Å². The van der Waals surface area contributed by atoms with Gasteiger partial charge < -0.3 is 10.3 Å². The molecule has 0 saturated heterocycles. The Hall–Kier alpha value is -2.62. The summed E-state index contributed by atoms with van der Waals surface area (Å²) in [7, 11) is 0. The lowest BCUT2D eigenvalue weighted by Crippen LogP contribution is -1.84. The summed E-state index contributed by atoms with van der Waals surface area (Å²) in [5.41, 5.74) is 8.06. The number of anilines is 1. The van der Waals surface area contributed by atoms with Crippen molar-refractivity contribution in [2.45, 2.75) is 0 Å². The first kappa shape index (κ1) is 11.5. The van der Waals surface area contributed by atoms with Crippen molar-refractivity contribution < 1.29 is 8.91 Å². The third-order valence-electron chi connectivity index (χ3n) is 2.83. The molecule has 3 rings (SSSR count). The van der Waals surface area contributed by atoms with Crippen LogP contribution in [-0.4, -0.2) is 5.16 Å². The van der Waals surface area contributed by atoms with Crippen LogP contribution in [-0.2, 0) is 0 Å². The molecule has 94 valence electrons. The van der Waals surface area contributed by atoms with E-state index in [0.717, 1.165) is 5.56 Å². The molecule has 0 atom stereocenters. The first-order chi connectivity index (χ1) is 9.24. The lowest BCUT2D eigenvalue weighted by molar-refractivity contribution is 0.434. The van der Waals surface area contributed by atoms with Gasteiger partial charge in [-0.25, -0.2) is 4.39 Å². The second kappa shape index (κ2) is 4.57. The second-order valence-corrected chi connectivity index (χ2v) is 4.18. The maximum atomic E-state index is 13.6. The fourth-order valence-electron chi connectivity index (χ4n) is 1.90. The Kier molecular flexibility index (Phi) is 2.76. The summed E-state index contributed by atoms with van der Waals surface area (Å²) >= 11 is 0. The fourth-order valence-corrected chi connectivity index (χ4v) is 1.90. The van der Waals surface area contributed by atoms with Crippen LogP contribution in [0.15, 0.2) is 59.1 Å². The topological polar surface area (TPSA) is 52.0 Å². The quantitative estimate of drug-likeness (QED) is 0.709. The number of rotatable bonds is 2. The van der Waals surface area contributed by atoms with E-state index in [1.54, 1.807) is 36.4 Å². The predicted molar refractivity (Wildman–Crippen MR) is 71.7 cm³/mol. The molecule has 1 aromatic heterocycles. The predicted octanol–water partition coefficient (Wildman–Crippen LogP) is 3.73. The number of nitrogens with zero attached hydrogens (tertiary/aromatic N) is 1. The molecule has 0 saturated carbocycles. The Morgan fingerprint density at radius 1 is 1.00 bits per heavy atom. The molecule has 0 amide bonds. The minimum Gasteiger partial charge on any atom is -0.399 e. The SMILES string of the molecule is Nc1cccc(-c2cc(-c3ccccc3F)no2)c1. The monoisotopic (exact) mass is 254 g/mol. The van der Waals surface area contributed by atoms with E-state index in [1.165, 1.54) is 6.07 Å². The molecule has 19 heavy (non-hydrogen) atoms. The lowest BCUT2D eigenvalue weighted by Gasteiger charge is -1.97. The zero-order chi connectivity index (χ0) is 13.2. The molecule has 0 fully saturated rings. The summed E-state index contributed by atoms with van der Waals surface area (Å²) in [6.07, 6.45) is 0. The Morgan fingerprint density at radius 3 is 2.63 bits per heavy atom. The van der Waals surface area contributed by atoms with Gasteiger partial charge in [0.05, 0.1) is 0 Å². The average Bonchev–Trinajstić information content (AvgIpc) is 2.89. The van der Waals surface area contributed by atoms with E-state index in [1.807, 2.05) is 12.1 Å². The molecule has 3 nitrogen and oxygen atoms in total. The number of hydrogen-bond donors (Lipinski definition) is 1. The van der Waals surface area contributed by atoms with Crippen LogP contribution in [0.1, 0.15) is 0 Å². The van der Waals surface area contributed by atoms with Crippen LogP contribution in [0.4, 0.5) is 10.1 Å². The minimum absolute atomic E-state index is 0.324. The van der Waals surface area contributed by atoms with E-state index in [9.17, 15) is 4.39 Å². The van der Waals surface area contributed by atoms with Gasteiger partial charge in [-0.1, -0.05) is 29.4 Å². The van der Waals surface area contributed by atoms with Crippen LogP contribution >= 0.6 is 0 Å². The van der Waals surface area contributed by atoms with Crippen molar-refractivity contribution >= 4 is 5.69 Å². The van der Waals surface area contributed by atoms with Gasteiger partial charge in [0.15, 0.2) is 5.76 Å². The summed E-state index contributed by atoms with van der Waals surface area (Å²) in [6.45, 7) is 0. The molecular formula is C15H11FN2O. The maximum absolute atomic E-state index is 13.6. The molecule has 0 aliphatic carbocycles. The van der Waals surface area contributed by atoms with Gasteiger partial charge in [-0.15, -0.1) is 0 Å². The number of benzene rings is 2. The van der Waals surface area contributed by atoms with E-state index in [0.29, 0.717) is 22.7 Å². The number of nitrogens with two attached hydrogens (primary N) is 1. The van der Waals surface area contributed by atoms with Crippen molar-refractivity contribution in [2.24, 2.45) is 0 Å². The van der Waals surface area contributed by atoms with Crippen molar-refractivity contribution in [1.29, 1.82) is 0 Å². The third-order valence-corrected chi connectivity index (χ3v) is 2.83. The molecule has 1 heterocycles. The van der Waals surface area contributed by atoms with E-state index in [-0.39, 0.29) is 5.82 Å². The molecule has 3 aromatic rings. The van der Waals surface area contributed by atoms with Gasteiger partial charge in [0.1, 0.15) is 11.5 Å². The van der Waals surface area contributed by atoms with E-state index in [2.05, 4.69) is 5.16 Å². The first-order valence-electron chi connectivity index (χ1n) is 5.81. The van der Waals surface area contributed by atoms with E-state index >= 15 is 0 Å². The third kappa shape index (κ3) is 2.20. The molecule has 0 aliphatic rings. The molecule has 0 radical (unpaired) electrons. The lowest BCUT2D eigenvalue weighted by atomic mass is 10.1. The summed E-state index contributed by atoms with van der Waals surface area (Å²) in [5.74, 6) is 0.237. The van der Waals surface area contributed by atoms with Crippen LogP contribution in [0.2, 0.25) is 0 Å². The van der Waals surface area contributed by atoms with Gasteiger partial charge in [0.25, 0.3) is 0 Å². The van der Waals surface area contributed by atoms with Crippen LogP contribution < -0.4 is 5.73 Å². The van der Waals surface area contributed by atoms with E-state index < -0.39 is 0 Å². The van der Waals surface area contributed by atoms with Crippen molar-refractivity contribution in [3.8, 4) is 22.6 Å². The summed E-state index contributed by atoms with van der Waals surface area (Å²) in [5, 5.41) is 3.90. The molecule has 2 aromatic carbocycles. The number of halogens is 1. The van der Waals surface area contributed by atoms with Gasteiger partial charge in [-0.2, -0.15) is 0 Å². The molecule has 4 heteroatoms. The van der Waals surface area contributed by atoms with Gasteiger partial charge in [-0.05, 0) is 24.3 Å². The number of aromatic nitrogens is 1. The normalized spacial score (nSPS) is 10.6. The molecule has 0 unspecified atom stereocenters. The first-order valence-corrected chi connectivity index (χ1v) is 5.81. The second-order valence-electron chi connectivity index (χ2n) is 4.18. The zero-order valence-electron chi connectivity index (χ0n) is 10.0. The molecule has 2 N–H and O–H groups in total. The Morgan fingerprint density at radius 2 is 1.84 bits per heavy atom. The van der Waals surface area contributed by atoms with Gasteiger partial charge in [0.2, 0.25) is 0 Å². The molecule has 0 aliphatic heterocycles.